The Hall–Kier alpha value is -8.64. The largest absolute Gasteiger partial charge is 0.494 e. The van der Waals surface area contributed by atoms with Gasteiger partial charge in [-0.15, -0.1) is 0 Å². The SMILES string of the molecule is c1ccc(C(c2ccccc2)(c2ccccc2)c2ccc(OCCCCCCOc3ccc(C[NH2+]Cc4ccc(OCCCCCCOc5ccc(C(c6ccccc6)(c6ccccc6)c6ccccc6)cc5)cc4)cc3)cc2)cc1. The average Bonchev–Trinajstić information content (AvgIpc) is 3.57. The molecule has 0 unspecified atom stereocenters. The maximum atomic E-state index is 6.26. The van der Waals surface area contributed by atoms with E-state index in [1.165, 1.54) is 55.6 Å². The van der Waals surface area contributed by atoms with Gasteiger partial charge in [-0.2, -0.15) is 0 Å². The summed E-state index contributed by atoms with van der Waals surface area (Å²) in [7, 11) is 0. The van der Waals surface area contributed by atoms with Gasteiger partial charge in [-0.3, -0.25) is 0 Å². The zero-order valence-corrected chi connectivity index (χ0v) is 46.7. The number of nitrogens with two attached hydrogens (primary N) is 1. The van der Waals surface area contributed by atoms with Gasteiger partial charge in [-0.25, -0.2) is 0 Å². The smallest absolute Gasteiger partial charge is 0.119 e. The molecule has 0 spiro atoms. The van der Waals surface area contributed by atoms with Gasteiger partial charge in [0.1, 0.15) is 36.1 Å². The predicted octanol–water partition coefficient (Wildman–Crippen LogP) is 16.8. The lowest BCUT2D eigenvalue weighted by Crippen LogP contribution is -2.80. The second-order valence-corrected chi connectivity index (χ2v) is 21.0. The fourth-order valence-corrected chi connectivity index (χ4v) is 11.5. The summed E-state index contributed by atoms with van der Waals surface area (Å²) in [6.07, 6.45) is 8.47. The van der Waals surface area contributed by atoms with Gasteiger partial charge in [0.25, 0.3) is 0 Å². The molecule has 0 aliphatic heterocycles. The number of benzene rings is 10. The Morgan fingerprint density at radius 1 is 0.210 bits per heavy atom. The van der Waals surface area contributed by atoms with Gasteiger partial charge >= 0.3 is 0 Å². The van der Waals surface area contributed by atoms with E-state index in [0.29, 0.717) is 13.2 Å². The van der Waals surface area contributed by atoms with Crippen molar-refractivity contribution in [3.8, 4) is 23.0 Å². The van der Waals surface area contributed by atoms with E-state index in [9.17, 15) is 0 Å². The summed E-state index contributed by atoms with van der Waals surface area (Å²) in [5.41, 5.74) is 11.5. The minimum atomic E-state index is -0.455. The fourth-order valence-electron chi connectivity index (χ4n) is 11.5. The molecule has 0 aliphatic rings. The Morgan fingerprint density at radius 2 is 0.407 bits per heavy atom. The quantitative estimate of drug-likeness (QED) is 0.0360. The lowest BCUT2D eigenvalue weighted by molar-refractivity contribution is -0.686. The van der Waals surface area contributed by atoms with E-state index in [-0.39, 0.29) is 0 Å². The molecule has 0 heterocycles. The van der Waals surface area contributed by atoms with E-state index >= 15 is 0 Å². The summed E-state index contributed by atoms with van der Waals surface area (Å²) in [5.74, 6) is 3.66. The second kappa shape index (κ2) is 29.0. The van der Waals surface area contributed by atoms with E-state index < -0.39 is 10.8 Å². The monoisotopic (exact) mass is 1070 g/mol. The molecule has 5 nitrogen and oxygen atoms in total. The van der Waals surface area contributed by atoms with Gasteiger partial charge < -0.3 is 24.3 Å². The first-order chi connectivity index (χ1) is 40.2. The van der Waals surface area contributed by atoms with Gasteiger partial charge in [-0.05, 0) is 169 Å². The van der Waals surface area contributed by atoms with Gasteiger partial charge in [-0.1, -0.05) is 206 Å². The summed E-state index contributed by atoms with van der Waals surface area (Å²) in [5, 5.41) is 2.34. The number of ether oxygens (including phenoxy) is 4. The molecular weight excluding hydrogens is 991 g/mol. The number of hydrogen-bond acceptors (Lipinski definition) is 4. The topological polar surface area (TPSA) is 53.5 Å². The third-order valence-electron chi connectivity index (χ3n) is 15.6. The van der Waals surface area contributed by atoms with Gasteiger partial charge in [0.15, 0.2) is 0 Å². The third-order valence-corrected chi connectivity index (χ3v) is 15.6. The molecule has 0 saturated heterocycles. The van der Waals surface area contributed by atoms with Crippen LogP contribution in [0.15, 0.2) is 279 Å². The van der Waals surface area contributed by atoms with Crippen molar-refractivity contribution in [1.29, 1.82) is 0 Å². The molecule has 81 heavy (non-hydrogen) atoms. The highest BCUT2D eigenvalue weighted by Crippen LogP contribution is 2.47. The molecule has 0 aromatic heterocycles. The first-order valence-corrected chi connectivity index (χ1v) is 29.2. The van der Waals surface area contributed by atoms with Crippen LogP contribution in [0.5, 0.6) is 23.0 Å². The Bertz CT molecular complexity index is 2920. The molecular formula is C76H76NO4+. The summed E-state index contributed by atoms with van der Waals surface area (Å²) in [4.78, 5) is 0. The van der Waals surface area contributed by atoms with E-state index in [1.807, 2.05) is 0 Å². The summed E-state index contributed by atoms with van der Waals surface area (Å²) in [6.45, 7) is 4.65. The van der Waals surface area contributed by atoms with Crippen LogP contribution in [0.3, 0.4) is 0 Å². The summed E-state index contributed by atoms with van der Waals surface area (Å²) in [6, 6.07) is 99.5. The first kappa shape index (κ1) is 55.7. The minimum absolute atomic E-state index is 0.455. The highest BCUT2D eigenvalue weighted by Gasteiger charge is 2.39. The number of rotatable bonds is 30. The maximum Gasteiger partial charge on any atom is 0.119 e. The fraction of sp³-hybridized carbons (Fsp3) is 0.211. The number of hydrogen-bond donors (Lipinski definition) is 1. The Kier molecular flexibility index (Phi) is 19.9. The summed E-state index contributed by atoms with van der Waals surface area (Å²) >= 11 is 0. The molecule has 10 aromatic carbocycles. The minimum Gasteiger partial charge on any atom is -0.494 e. The Morgan fingerprint density at radius 3 is 0.630 bits per heavy atom. The molecule has 2 N–H and O–H groups in total. The lowest BCUT2D eigenvalue weighted by Gasteiger charge is -2.36. The second-order valence-electron chi connectivity index (χ2n) is 21.0. The molecule has 10 rings (SSSR count). The van der Waals surface area contributed by atoms with Crippen LogP contribution >= 0.6 is 0 Å². The van der Waals surface area contributed by atoms with Crippen molar-refractivity contribution in [2.75, 3.05) is 26.4 Å². The van der Waals surface area contributed by atoms with Crippen molar-refractivity contribution in [1.82, 2.24) is 0 Å². The van der Waals surface area contributed by atoms with E-state index in [2.05, 4.69) is 284 Å². The van der Waals surface area contributed by atoms with Crippen LogP contribution in [-0.2, 0) is 23.9 Å². The Labute approximate surface area is 481 Å². The molecule has 0 fully saturated rings. The predicted molar refractivity (Wildman–Crippen MR) is 331 cm³/mol. The van der Waals surface area contributed by atoms with Crippen molar-refractivity contribution in [3.05, 3.63) is 335 Å². The van der Waals surface area contributed by atoms with Gasteiger partial charge in [0, 0.05) is 11.1 Å². The van der Waals surface area contributed by atoms with Crippen molar-refractivity contribution in [2.45, 2.75) is 75.3 Å². The summed E-state index contributed by atoms with van der Waals surface area (Å²) < 4.78 is 24.7. The van der Waals surface area contributed by atoms with E-state index in [0.717, 1.165) is 101 Å². The average molecular weight is 1070 g/mol. The van der Waals surface area contributed by atoms with Crippen molar-refractivity contribution < 1.29 is 24.3 Å². The van der Waals surface area contributed by atoms with Gasteiger partial charge in [0.05, 0.1) is 37.3 Å². The van der Waals surface area contributed by atoms with Crippen molar-refractivity contribution >= 4 is 0 Å². The lowest BCUT2D eigenvalue weighted by atomic mass is 9.65. The Balaban J connectivity index is 0.575. The van der Waals surface area contributed by atoms with Crippen LogP contribution < -0.4 is 24.3 Å². The number of unbranched alkanes of at least 4 members (excludes halogenated alkanes) is 6. The maximum absolute atomic E-state index is 6.26. The first-order valence-electron chi connectivity index (χ1n) is 29.2. The van der Waals surface area contributed by atoms with Crippen LogP contribution in [0, 0.1) is 0 Å². The molecule has 0 aliphatic carbocycles. The molecule has 0 amide bonds. The highest BCUT2D eigenvalue weighted by molar-refractivity contribution is 5.62. The third kappa shape index (κ3) is 14.2. The zero-order chi connectivity index (χ0) is 55.0. The van der Waals surface area contributed by atoms with Crippen molar-refractivity contribution in [2.24, 2.45) is 0 Å². The number of quaternary nitrogens is 1. The normalized spacial score (nSPS) is 11.5. The van der Waals surface area contributed by atoms with E-state index in [1.54, 1.807) is 0 Å². The van der Waals surface area contributed by atoms with Crippen LogP contribution in [0.2, 0.25) is 0 Å². The molecule has 0 saturated carbocycles. The van der Waals surface area contributed by atoms with Crippen LogP contribution in [-0.4, -0.2) is 26.4 Å². The van der Waals surface area contributed by atoms with Crippen LogP contribution in [0.25, 0.3) is 0 Å². The standard InChI is InChI=1S/C76H75NO4/c1(3-25-57-80-73-51-43-69(44-52-73)75(63-27-11-5-12-28-63,64-29-13-6-14-30-64)65-31-15-7-16-32-65)23-55-78-71-47-39-61(40-48-71)59-77-60-62-41-49-72(50-42-62)79-56-24-2-4-26-58-81-74-53-45-70(46-54-74)76(66-33-17-8-18-34-66,67-35-19-9-20-36-67)68-37-21-10-22-38-68/h5-22,27-54,77H,1-4,23-26,55-60H2/p+1. The zero-order valence-electron chi connectivity index (χ0n) is 46.7. The molecule has 0 bridgehead atoms. The van der Waals surface area contributed by atoms with Crippen LogP contribution in [0.4, 0.5) is 0 Å². The molecule has 0 radical (unpaired) electrons. The highest BCUT2D eigenvalue weighted by atomic mass is 16.5. The molecule has 0 atom stereocenters. The van der Waals surface area contributed by atoms with Crippen molar-refractivity contribution in [3.63, 3.8) is 0 Å². The van der Waals surface area contributed by atoms with E-state index in [4.69, 9.17) is 18.9 Å². The molecule has 408 valence electrons. The van der Waals surface area contributed by atoms with Crippen LogP contribution in [0.1, 0.15) is 107 Å². The molecule has 10 aromatic rings. The van der Waals surface area contributed by atoms with Gasteiger partial charge in [0.2, 0.25) is 0 Å². The molecule has 5 heteroatoms.